The fourth-order valence-electron chi connectivity index (χ4n) is 3.13. The number of aliphatic imine (C=N–C) groups is 1. The molecule has 1 aromatic heterocycles. The van der Waals surface area contributed by atoms with E-state index in [0.29, 0.717) is 23.7 Å². The molecule has 0 spiro atoms. The predicted molar refractivity (Wildman–Crippen MR) is 103 cm³/mol. The second-order valence-corrected chi connectivity index (χ2v) is 7.29. The monoisotopic (exact) mass is 366 g/mol. The summed E-state index contributed by atoms with van der Waals surface area (Å²) in [5, 5.41) is 17.3. The number of nitrogens with zero attached hydrogens (tertiary/aromatic N) is 2. The van der Waals surface area contributed by atoms with Gasteiger partial charge in [0.1, 0.15) is 11.4 Å². The molecule has 0 aliphatic carbocycles. The highest BCUT2D eigenvalue weighted by Gasteiger charge is 2.27. The van der Waals surface area contributed by atoms with Crippen molar-refractivity contribution in [2.24, 2.45) is 10.9 Å². The molecule has 0 aromatic carbocycles. The molecule has 2 unspecified atom stereocenters. The minimum atomic E-state index is -1.13. The van der Waals surface area contributed by atoms with E-state index in [1.165, 1.54) is 0 Å². The lowest BCUT2D eigenvalue weighted by molar-refractivity contribution is 0.00749. The maximum absolute atomic E-state index is 10.6. The van der Waals surface area contributed by atoms with Crippen molar-refractivity contribution in [1.29, 1.82) is 0 Å². The molecule has 1 aliphatic rings. The Morgan fingerprint density at radius 3 is 2.65 bits per heavy atom. The summed E-state index contributed by atoms with van der Waals surface area (Å²) in [6.07, 6.45) is 1.56. The first-order chi connectivity index (χ1) is 12.4. The Morgan fingerprint density at radius 2 is 2.08 bits per heavy atom. The van der Waals surface area contributed by atoms with Gasteiger partial charge in [0, 0.05) is 32.2 Å². The third-order valence-electron chi connectivity index (χ3n) is 4.70. The molecule has 1 fully saturated rings. The Balaban J connectivity index is 1.97. The number of hydrogen-bond donors (Lipinski definition) is 3. The first-order valence-electron chi connectivity index (χ1n) is 9.54. The van der Waals surface area contributed by atoms with Gasteiger partial charge in [-0.25, -0.2) is 4.99 Å². The highest BCUT2D eigenvalue weighted by atomic mass is 16.5. The zero-order valence-corrected chi connectivity index (χ0v) is 16.5. The van der Waals surface area contributed by atoms with Gasteiger partial charge in [0.05, 0.1) is 26.0 Å². The van der Waals surface area contributed by atoms with Gasteiger partial charge in [0.2, 0.25) is 0 Å². The van der Waals surface area contributed by atoms with Gasteiger partial charge in [-0.3, -0.25) is 4.90 Å². The summed E-state index contributed by atoms with van der Waals surface area (Å²) < 4.78 is 10.8. The van der Waals surface area contributed by atoms with E-state index in [0.717, 1.165) is 39.4 Å². The van der Waals surface area contributed by atoms with Gasteiger partial charge in [-0.1, -0.05) is 13.8 Å². The molecule has 148 valence electrons. The SMILES string of the molecule is CCNC(=NCC(C)(O)c1ccco1)NCC(C(C)C)N1CCOCC1. The summed E-state index contributed by atoms with van der Waals surface area (Å²) in [6.45, 7) is 13.5. The van der Waals surface area contributed by atoms with Crippen molar-refractivity contribution in [2.75, 3.05) is 45.9 Å². The van der Waals surface area contributed by atoms with Crippen molar-refractivity contribution < 1.29 is 14.3 Å². The fourth-order valence-corrected chi connectivity index (χ4v) is 3.13. The Labute approximate surface area is 156 Å². The summed E-state index contributed by atoms with van der Waals surface area (Å²) in [5.41, 5.74) is -1.13. The highest BCUT2D eigenvalue weighted by Crippen LogP contribution is 2.21. The van der Waals surface area contributed by atoms with Gasteiger partial charge < -0.3 is 24.9 Å². The van der Waals surface area contributed by atoms with E-state index >= 15 is 0 Å². The number of morpholine rings is 1. The van der Waals surface area contributed by atoms with E-state index in [4.69, 9.17) is 9.15 Å². The lowest BCUT2D eigenvalue weighted by Crippen LogP contribution is -2.52. The summed E-state index contributed by atoms with van der Waals surface area (Å²) in [7, 11) is 0. The average molecular weight is 367 g/mol. The minimum Gasteiger partial charge on any atom is -0.466 e. The van der Waals surface area contributed by atoms with E-state index in [2.05, 4.69) is 34.4 Å². The predicted octanol–water partition coefficient (Wildman–Crippen LogP) is 1.40. The molecule has 26 heavy (non-hydrogen) atoms. The lowest BCUT2D eigenvalue weighted by Gasteiger charge is -2.37. The molecule has 1 aromatic rings. The molecular weight excluding hydrogens is 332 g/mol. The average Bonchev–Trinajstić information content (AvgIpc) is 3.16. The summed E-state index contributed by atoms with van der Waals surface area (Å²) in [5.74, 6) is 1.75. The first kappa shape index (κ1) is 20.7. The molecule has 0 amide bonds. The molecule has 0 saturated carbocycles. The van der Waals surface area contributed by atoms with Gasteiger partial charge in [-0.05, 0) is 31.9 Å². The van der Waals surface area contributed by atoms with E-state index in [1.807, 2.05) is 6.92 Å². The van der Waals surface area contributed by atoms with Crippen molar-refractivity contribution in [3.05, 3.63) is 24.2 Å². The van der Waals surface area contributed by atoms with Crippen LogP contribution in [0.4, 0.5) is 0 Å². The standard InChI is InChI=1S/C19H34N4O3/c1-5-20-18(22-14-19(4,24)17-7-6-10-26-17)21-13-16(15(2)3)23-8-11-25-12-9-23/h6-7,10,15-16,24H,5,8-9,11-14H2,1-4H3,(H2,20,21,22). The Hall–Kier alpha value is -1.57. The van der Waals surface area contributed by atoms with Crippen LogP contribution in [0.2, 0.25) is 0 Å². The minimum absolute atomic E-state index is 0.222. The van der Waals surface area contributed by atoms with Gasteiger partial charge in [-0.15, -0.1) is 0 Å². The quantitative estimate of drug-likeness (QED) is 0.477. The van der Waals surface area contributed by atoms with Crippen LogP contribution in [0.25, 0.3) is 0 Å². The largest absolute Gasteiger partial charge is 0.466 e. The molecule has 7 nitrogen and oxygen atoms in total. The molecule has 0 radical (unpaired) electrons. The second-order valence-electron chi connectivity index (χ2n) is 7.29. The summed E-state index contributed by atoms with van der Waals surface area (Å²) in [4.78, 5) is 7.03. The summed E-state index contributed by atoms with van der Waals surface area (Å²) >= 11 is 0. The van der Waals surface area contributed by atoms with E-state index in [1.54, 1.807) is 25.3 Å². The molecule has 2 rings (SSSR count). The highest BCUT2D eigenvalue weighted by molar-refractivity contribution is 5.79. The van der Waals surface area contributed by atoms with Gasteiger partial charge >= 0.3 is 0 Å². The second kappa shape index (κ2) is 9.94. The van der Waals surface area contributed by atoms with Crippen LogP contribution >= 0.6 is 0 Å². The number of nitrogens with one attached hydrogen (secondary N) is 2. The Bertz CT molecular complexity index is 537. The fraction of sp³-hybridized carbons (Fsp3) is 0.737. The van der Waals surface area contributed by atoms with Crippen LogP contribution in [-0.2, 0) is 10.3 Å². The number of furan rings is 1. The summed E-state index contributed by atoms with van der Waals surface area (Å²) in [6, 6.07) is 3.95. The molecular formula is C19H34N4O3. The van der Waals surface area contributed by atoms with Crippen molar-refractivity contribution in [2.45, 2.75) is 39.3 Å². The topological polar surface area (TPSA) is 82.3 Å². The number of guanidine groups is 1. The van der Waals surface area contributed by atoms with Gasteiger partial charge in [0.15, 0.2) is 5.96 Å². The molecule has 1 aliphatic heterocycles. The number of rotatable bonds is 8. The zero-order chi connectivity index (χ0) is 19.0. The van der Waals surface area contributed by atoms with Crippen molar-refractivity contribution >= 4 is 5.96 Å². The molecule has 7 heteroatoms. The lowest BCUT2D eigenvalue weighted by atomic mass is 10.0. The molecule has 0 bridgehead atoms. The zero-order valence-electron chi connectivity index (χ0n) is 16.5. The van der Waals surface area contributed by atoms with Crippen molar-refractivity contribution in [1.82, 2.24) is 15.5 Å². The van der Waals surface area contributed by atoms with Gasteiger partial charge in [-0.2, -0.15) is 0 Å². The molecule has 2 atom stereocenters. The van der Waals surface area contributed by atoms with Crippen LogP contribution in [0.1, 0.15) is 33.5 Å². The van der Waals surface area contributed by atoms with Crippen LogP contribution in [0.5, 0.6) is 0 Å². The Morgan fingerprint density at radius 1 is 1.35 bits per heavy atom. The maximum atomic E-state index is 10.6. The van der Waals surface area contributed by atoms with Crippen LogP contribution in [0.15, 0.2) is 27.8 Å². The number of hydrogen-bond acceptors (Lipinski definition) is 5. The molecule has 3 N–H and O–H groups in total. The van der Waals surface area contributed by atoms with Crippen LogP contribution in [0, 0.1) is 5.92 Å². The smallest absolute Gasteiger partial charge is 0.191 e. The van der Waals surface area contributed by atoms with E-state index < -0.39 is 5.60 Å². The first-order valence-corrected chi connectivity index (χ1v) is 9.54. The molecule has 1 saturated heterocycles. The number of ether oxygens (including phenoxy) is 1. The third kappa shape index (κ3) is 6.00. The van der Waals surface area contributed by atoms with Crippen molar-refractivity contribution in [3.8, 4) is 0 Å². The Kier molecular flexibility index (Phi) is 7.93. The van der Waals surface area contributed by atoms with E-state index in [-0.39, 0.29) is 6.54 Å². The van der Waals surface area contributed by atoms with Crippen LogP contribution in [-0.4, -0.2) is 67.9 Å². The van der Waals surface area contributed by atoms with Crippen LogP contribution in [0.3, 0.4) is 0 Å². The third-order valence-corrected chi connectivity index (χ3v) is 4.70. The normalized spacial score (nSPS) is 20.0. The van der Waals surface area contributed by atoms with Crippen molar-refractivity contribution in [3.63, 3.8) is 0 Å². The number of aliphatic hydroxyl groups is 1. The maximum Gasteiger partial charge on any atom is 0.191 e. The molecule has 2 heterocycles. The van der Waals surface area contributed by atoms with Crippen LogP contribution < -0.4 is 10.6 Å². The van der Waals surface area contributed by atoms with Gasteiger partial charge in [0.25, 0.3) is 0 Å². The van der Waals surface area contributed by atoms with E-state index in [9.17, 15) is 5.11 Å².